The third-order valence-corrected chi connectivity index (χ3v) is 8.14. The lowest BCUT2D eigenvalue weighted by molar-refractivity contribution is -0.0593. The molecule has 6 nitrogen and oxygen atoms in total. The van der Waals surface area contributed by atoms with Gasteiger partial charge in [0, 0.05) is 5.41 Å². The lowest BCUT2D eigenvalue weighted by atomic mass is 9.62. The zero-order valence-electron chi connectivity index (χ0n) is 20.8. The minimum Gasteiger partial charge on any atom is -0.496 e. The first-order valence-electron chi connectivity index (χ1n) is 12.5. The minimum absolute atomic E-state index is 0.281. The van der Waals surface area contributed by atoms with E-state index in [1.807, 2.05) is 23.0 Å². The average Bonchev–Trinajstić information content (AvgIpc) is 3.40. The number of nitrogens with two attached hydrogens (primary N) is 1. The van der Waals surface area contributed by atoms with E-state index in [1.54, 1.807) is 18.2 Å². The van der Waals surface area contributed by atoms with Crippen LogP contribution in [0.1, 0.15) is 66.2 Å². The molecular formula is C29H32FN3O3. The molecule has 0 radical (unpaired) electrons. The number of rotatable bonds is 8. The summed E-state index contributed by atoms with van der Waals surface area (Å²) in [6.45, 7) is 2.15. The second-order valence-corrected chi connectivity index (χ2v) is 10.0. The molecule has 0 saturated heterocycles. The molecule has 0 aliphatic heterocycles. The molecule has 2 aromatic carbocycles. The molecule has 1 aromatic heterocycles. The van der Waals surface area contributed by atoms with Crippen LogP contribution in [-0.2, 0) is 12.8 Å². The van der Waals surface area contributed by atoms with E-state index in [0.717, 1.165) is 41.8 Å². The molecular weight excluding hydrogens is 457 g/mol. The number of nitrogens with zero attached hydrogens (tertiary/aromatic N) is 2. The molecule has 1 fully saturated rings. The summed E-state index contributed by atoms with van der Waals surface area (Å²) < 4.78 is 20.7. The van der Waals surface area contributed by atoms with Gasteiger partial charge in [-0.15, -0.1) is 0 Å². The van der Waals surface area contributed by atoms with Crippen molar-refractivity contribution in [3.8, 4) is 11.4 Å². The van der Waals surface area contributed by atoms with Crippen LogP contribution in [0.25, 0.3) is 11.8 Å². The van der Waals surface area contributed by atoms with Gasteiger partial charge >= 0.3 is 0 Å². The summed E-state index contributed by atoms with van der Waals surface area (Å²) in [4.78, 5) is 12.2. The molecule has 7 heteroatoms. The Bertz CT molecular complexity index is 1330. The van der Waals surface area contributed by atoms with Crippen LogP contribution in [0.5, 0.6) is 5.75 Å². The van der Waals surface area contributed by atoms with Crippen molar-refractivity contribution in [2.45, 2.75) is 57.5 Å². The van der Waals surface area contributed by atoms with Gasteiger partial charge in [-0.1, -0.05) is 31.1 Å². The topological polar surface area (TPSA) is 90.4 Å². The zero-order valence-corrected chi connectivity index (χ0v) is 20.8. The first-order chi connectivity index (χ1) is 17.3. The van der Waals surface area contributed by atoms with Crippen LogP contribution >= 0.6 is 0 Å². The highest BCUT2D eigenvalue weighted by Crippen LogP contribution is 2.59. The molecule has 1 saturated carbocycles. The number of fused-ring (bicyclic) bond motifs is 2. The van der Waals surface area contributed by atoms with Gasteiger partial charge in [-0.25, -0.2) is 9.07 Å². The fourth-order valence-electron chi connectivity index (χ4n) is 6.42. The molecule has 2 aliphatic rings. The normalized spacial score (nSPS) is 22.6. The van der Waals surface area contributed by atoms with Gasteiger partial charge in [-0.2, -0.15) is 5.10 Å². The number of hydrogen-bond donors (Lipinski definition) is 2. The van der Waals surface area contributed by atoms with E-state index in [9.17, 15) is 14.3 Å². The van der Waals surface area contributed by atoms with Crippen LogP contribution in [0.3, 0.4) is 0 Å². The number of carbonyl (C=O) groups is 1. The number of aryl methyl sites for hydroxylation is 1. The molecule has 5 rings (SSSR count). The Labute approximate surface area is 210 Å². The number of amides is 1. The smallest absolute Gasteiger partial charge is 0.252 e. The Balaban J connectivity index is 1.49. The van der Waals surface area contributed by atoms with Crippen molar-refractivity contribution in [3.05, 3.63) is 82.4 Å². The Hall–Kier alpha value is -3.45. The number of halogens is 1. The third-order valence-electron chi connectivity index (χ3n) is 8.14. The monoisotopic (exact) mass is 489 g/mol. The molecule has 2 aliphatic carbocycles. The van der Waals surface area contributed by atoms with Gasteiger partial charge in [0.15, 0.2) is 0 Å². The summed E-state index contributed by atoms with van der Waals surface area (Å²) in [5, 5.41) is 16.8. The predicted octanol–water partition coefficient (Wildman–Crippen LogP) is 5.00. The SMILES string of the molecule is CCC[C@]12Cc3cnn(-c4ccc(F)cc4)c3C=C1CC[C@@]2(O)CCc1cccc(OC)c1C(N)=O. The van der Waals surface area contributed by atoms with Gasteiger partial charge in [0.25, 0.3) is 5.91 Å². The van der Waals surface area contributed by atoms with E-state index in [1.165, 1.54) is 24.8 Å². The molecule has 2 atom stereocenters. The summed E-state index contributed by atoms with van der Waals surface area (Å²) in [6, 6.07) is 11.8. The summed E-state index contributed by atoms with van der Waals surface area (Å²) in [5.74, 6) is -0.352. The van der Waals surface area contributed by atoms with Crippen LogP contribution in [0, 0.1) is 11.2 Å². The fraction of sp³-hybridized carbons (Fsp3) is 0.379. The van der Waals surface area contributed by atoms with Crippen LogP contribution in [0.4, 0.5) is 4.39 Å². The van der Waals surface area contributed by atoms with Crippen molar-refractivity contribution >= 4 is 12.0 Å². The molecule has 0 spiro atoms. The second-order valence-electron chi connectivity index (χ2n) is 10.0. The number of carbonyl (C=O) groups excluding carboxylic acids is 1. The number of aliphatic hydroxyl groups is 1. The van der Waals surface area contributed by atoms with Gasteiger partial charge < -0.3 is 15.6 Å². The lowest BCUT2D eigenvalue weighted by Gasteiger charge is -2.45. The summed E-state index contributed by atoms with van der Waals surface area (Å²) in [5.41, 5.74) is 9.66. The highest BCUT2D eigenvalue weighted by molar-refractivity contribution is 5.97. The third kappa shape index (κ3) is 3.82. The zero-order chi connectivity index (χ0) is 25.5. The van der Waals surface area contributed by atoms with Crippen LogP contribution in [0.15, 0.2) is 54.2 Å². The molecule has 1 amide bonds. The number of primary amides is 1. The summed E-state index contributed by atoms with van der Waals surface area (Å²) in [6.07, 6.45) is 9.03. The second kappa shape index (κ2) is 9.21. The Morgan fingerprint density at radius 2 is 2.00 bits per heavy atom. The van der Waals surface area contributed by atoms with Gasteiger partial charge in [-0.05, 0) is 86.1 Å². The highest BCUT2D eigenvalue weighted by Gasteiger charge is 2.57. The molecule has 188 valence electrons. The molecule has 1 heterocycles. The Morgan fingerprint density at radius 1 is 1.22 bits per heavy atom. The maximum atomic E-state index is 13.5. The van der Waals surface area contributed by atoms with Gasteiger partial charge in [0.05, 0.1) is 35.9 Å². The molecule has 3 aromatic rings. The molecule has 3 N–H and O–H groups in total. The van der Waals surface area contributed by atoms with Gasteiger partial charge in [-0.3, -0.25) is 4.79 Å². The average molecular weight is 490 g/mol. The van der Waals surface area contributed by atoms with Crippen molar-refractivity contribution in [1.29, 1.82) is 0 Å². The summed E-state index contributed by atoms with van der Waals surface area (Å²) >= 11 is 0. The van der Waals surface area contributed by atoms with Gasteiger partial charge in [0.1, 0.15) is 11.6 Å². The number of methoxy groups -OCH3 is 1. The Morgan fingerprint density at radius 3 is 2.69 bits per heavy atom. The van der Waals surface area contributed by atoms with Crippen molar-refractivity contribution in [2.75, 3.05) is 7.11 Å². The number of benzene rings is 2. The van der Waals surface area contributed by atoms with Gasteiger partial charge in [0.2, 0.25) is 0 Å². The number of aromatic nitrogens is 2. The first-order valence-corrected chi connectivity index (χ1v) is 12.5. The molecule has 36 heavy (non-hydrogen) atoms. The first kappa shape index (κ1) is 24.3. The van der Waals surface area contributed by atoms with Crippen LogP contribution < -0.4 is 10.5 Å². The maximum Gasteiger partial charge on any atom is 0.252 e. The largest absolute Gasteiger partial charge is 0.496 e. The van der Waals surface area contributed by atoms with E-state index in [-0.39, 0.29) is 5.82 Å². The van der Waals surface area contributed by atoms with E-state index in [2.05, 4.69) is 18.1 Å². The number of hydrogen-bond acceptors (Lipinski definition) is 4. The van der Waals surface area contributed by atoms with Crippen LogP contribution in [-0.4, -0.2) is 33.5 Å². The summed E-state index contributed by atoms with van der Waals surface area (Å²) in [7, 11) is 1.52. The van der Waals surface area contributed by atoms with Crippen molar-refractivity contribution < 1.29 is 19.0 Å². The predicted molar refractivity (Wildman–Crippen MR) is 137 cm³/mol. The van der Waals surface area contributed by atoms with E-state index >= 15 is 0 Å². The maximum absolute atomic E-state index is 13.5. The number of ether oxygens (including phenoxy) is 1. The van der Waals surface area contributed by atoms with E-state index in [4.69, 9.17) is 10.5 Å². The van der Waals surface area contributed by atoms with Crippen molar-refractivity contribution in [2.24, 2.45) is 11.1 Å². The standard InChI is InChI=1S/C29H32FN3O3/c1-3-13-28-17-20-18-32-33(23-9-7-22(30)8-10-23)24(20)16-21(28)12-15-29(28,35)14-11-19-5-4-6-25(36-2)26(19)27(31)34/h4-10,16,18,35H,3,11-15,17H2,1-2H3,(H2,31,34)/t28-,29-/m0/s1. The van der Waals surface area contributed by atoms with Crippen LogP contribution in [0.2, 0.25) is 0 Å². The molecule has 0 unspecified atom stereocenters. The highest BCUT2D eigenvalue weighted by atomic mass is 19.1. The van der Waals surface area contributed by atoms with Crippen molar-refractivity contribution in [3.63, 3.8) is 0 Å². The lowest BCUT2D eigenvalue weighted by Crippen LogP contribution is -2.47. The fourth-order valence-corrected chi connectivity index (χ4v) is 6.42. The van der Waals surface area contributed by atoms with E-state index < -0.39 is 16.9 Å². The minimum atomic E-state index is -0.928. The quantitative estimate of drug-likeness (QED) is 0.466. The van der Waals surface area contributed by atoms with Crippen molar-refractivity contribution in [1.82, 2.24) is 9.78 Å². The van der Waals surface area contributed by atoms with E-state index in [0.29, 0.717) is 37.0 Å². The molecule has 0 bridgehead atoms. The Kier molecular flexibility index (Phi) is 6.20.